The lowest BCUT2D eigenvalue weighted by Crippen LogP contribution is -2.19. The lowest BCUT2D eigenvalue weighted by molar-refractivity contribution is 0.808. The summed E-state index contributed by atoms with van der Waals surface area (Å²) < 4.78 is 0. The second-order valence-corrected chi connectivity index (χ2v) is 7.68. The van der Waals surface area contributed by atoms with E-state index in [1.54, 1.807) is 18.3 Å². The Balaban J connectivity index is 1.50. The largest absolute Gasteiger partial charge is 0.383 e. The molecule has 0 aliphatic carbocycles. The van der Waals surface area contributed by atoms with Crippen LogP contribution in [-0.4, -0.2) is 10.3 Å². The molecule has 0 bridgehead atoms. The van der Waals surface area contributed by atoms with Gasteiger partial charge in [-0.15, -0.1) is 0 Å². The summed E-state index contributed by atoms with van der Waals surface area (Å²) in [5.41, 5.74) is 2.94. The number of rotatable bonds is 5. The second kappa shape index (κ2) is 8.82. The molecule has 26 heavy (non-hydrogen) atoms. The van der Waals surface area contributed by atoms with E-state index in [0.717, 1.165) is 27.1 Å². The smallest absolute Gasteiger partial charge is 0.197 e. The minimum atomic E-state index is 0.501. The van der Waals surface area contributed by atoms with Gasteiger partial charge in [-0.3, -0.25) is 0 Å². The quantitative estimate of drug-likeness (QED) is 0.602. The normalized spacial score (nSPS) is 15.5. The third-order valence-electron chi connectivity index (χ3n) is 3.41. The van der Waals surface area contributed by atoms with Crippen LogP contribution in [0.5, 0.6) is 0 Å². The monoisotopic (exact) mass is 424 g/mol. The Morgan fingerprint density at radius 1 is 1.12 bits per heavy atom. The first-order valence-corrected chi connectivity index (χ1v) is 9.66. The second-order valence-electron chi connectivity index (χ2n) is 5.48. The molecule has 2 aromatic carbocycles. The molecule has 0 radical (unpaired) electrons. The molecule has 0 fully saturated rings. The number of nitrogens with one attached hydrogen (secondary N) is 2. The van der Waals surface area contributed by atoms with Crippen LogP contribution in [0.1, 0.15) is 12.5 Å². The van der Waals surface area contributed by atoms with Crippen molar-refractivity contribution in [2.24, 2.45) is 9.98 Å². The maximum absolute atomic E-state index is 5.99. The predicted octanol–water partition coefficient (Wildman–Crippen LogP) is 6.17. The highest BCUT2D eigenvalue weighted by Gasteiger charge is 2.17. The predicted molar refractivity (Wildman–Crippen MR) is 115 cm³/mol. The first-order valence-electron chi connectivity index (χ1n) is 7.71. The van der Waals surface area contributed by atoms with E-state index in [-0.39, 0.29) is 0 Å². The van der Waals surface area contributed by atoms with E-state index in [1.807, 2.05) is 37.3 Å². The van der Waals surface area contributed by atoms with Gasteiger partial charge in [-0.1, -0.05) is 46.9 Å². The van der Waals surface area contributed by atoms with Crippen LogP contribution in [0.4, 0.5) is 5.69 Å². The Labute approximate surface area is 171 Å². The molecule has 2 N–H and O–H groups in total. The number of halogens is 3. The molecule has 1 aliphatic heterocycles. The van der Waals surface area contributed by atoms with Gasteiger partial charge in [0.25, 0.3) is 0 Å². The maximum Gasteiger partial charge on any atom is 0.197 e. The van der Waals surface area contributed by atoms with E-state index in [1.165, 1.54) is 11.8 Å². The Kier molecular flexibility index (Phi) is 6.48. The van der Waals surface area contributed by atoms with Crippen molar-refractivity contribution in [3.8, 4) is 0 Å². The van der Waals surface area contributed by atoms with E-state index < -0.39 is 0 Å². The van der Waals surface area contributed by atoms with E-state index in [2.05, 4.69) is 20.6 Å². The van der Waals surface area contributed by atoms with E-state index in [4.69, 9.17) is 34.8 Å². The lowest BCUT2D eigenvalue weighted by atomic mass is 10.2. The Hall–Kier alpha value is -1.66. The van der Waals surface area contributed by atoms with Crippen LogP contribution >= 0.6 is 46.6 Å². The van der Waals surface area contributed by atoms with Crippen molar-refractivity contribution in [1.82, 2.24) is 5.32 Å². The van der Waals surface area contributed by atoms with Gasteiger partial charge in [0.15, 0.2) is 10.3 Å². The molecule has 1 aliphatic rings. The minimum absolute atomic E-state index is 0.501. The summed E-state index contributed by atoms with van der Waals surface area (Å²) in [5, 5.41) is 9.67. The third kappa shape index (κ3) is 5.42. The number of aliphatic imine (C=N–C) groups is 2. The lowest BCUT2D eigenvalue weighted by Gasteiger charge is -2.16. The average Bonchev–Trinajstić information content (AvgIpc) is 2.59. The molecule has 0 amide bonds. The van der Waals surface area contributed by atoms with Crippen LogP contribution < -0.4 is 10.6 Å². The van der Waals surface area contributed by atoms with Crippen molar-refractivity contribution < 1.29 is 0 Å². The highest BCUT2D eigenvalue weighted by molar-refractivity contribution is 8.29. The van der Waals surface area contributed by atoms with Crippen molar-refractivity contribution in [3.05, 3.63) is 75.0 Å². The SMILES string of the molecule is C/C(=C/N=C1N=C(Nc2ccc(Cl)c(Cl)c2)S1)NCc1ccc(Cl)cc1. The Morgan fingerprint density at radius 2 is 1.85 bits per heavy atom. The molecule has 0 aromatic heterocycles. The maximum atomic E-state index is 5.99. The molecule has 8 heteroatoms. The summed E-state index contributed by atoms with van der Waals surface area (Å²) in [4.78, 5) is 8.66. The molecule has 2 aromatic rings. The molecule has 0 spiro atoms. The van der Waals surface area contributed by atoms with Gasteiger partial charge in [-0.05, 0) is 54.6 Å². The van der Waals surface area contributed by atoms with Crippen LogP contribution in [-0.2, 0) is 6.54 Å². The summed E-state index contributed by atoms with van der Waals surface area (Å²) in [6.45, 7) is 2.67. The van der Waals surface area contributed by atoms with Gasteiger partial charge in [0, 0.05) is 29.2 Å². The van der Waals surface area contributed by atoms with Crippen molar-refractivity contribution >= 4 is 62.6 Å². The molecule has 4 nitrogen and oxygen atoms in total. The molecule has 0 atom stereocenters. The number of benzene rings is 2. The van der Waals surface area contributed by atoms with Crippen LogP contribution in [0.3, 0.4) is 0 Å². The highest BCUT2D eigenvalue weighted by atomic mass is 35.5. The van der Waals surface area contributed by atoms with Gasteiger partial charge in [0.05, 0.1) is 10.0 Å². The van der Waals surface area contributed by atoms with Crippen molar-refractivity contribution in [1.29, 1.82) is 0 Å². The number of anilines is 1. The van der Waals surface area contributed by atoms with Gasteiger partial charge in [-0.2, -0.15) is 4.99 Å². The van der Waals surface area contributed by atoms with Crippen molar-refractivity contribution in [3.63, 3.8) is 0 Å². The zero-order valence-electron chi connectivity index (χ0n) is 13.8. The first kappa shape index (κ1) is 19.1. The molecule has 1 heterocycles. The van der Waals surface area contributed by atoms with Gasteiger partial charge >= 0.3 is 0 Å². The number of amidine groups is 2. The summed E-state index contributed by atoms with van der Waals surface area (Å²) in [6, 6.07) is 13.1. The molecular formula is C18H15Cl3N4S. The fourth-order valence-corrected chi connectivity index (χ4v) is 3.04. The van der Waals surface area contributed by atoms with Crippen molar-refractivity contribution in [2.45, 2.75) is 13.5 Å². The first-order chi connectivity index (χ1) is 12.5. The topological polar surface area (TPSA) is 48.8 Å². The Bertz CT molecular complexity index is 892. The molecule has 0 saturated carbocycles. The van der Waals surface area contributed by atoms with Crippen LogP contribution in [0, 0.1) is 0 Å². The fourth-order valence-electron chi connectivity index (χ4n) is 2.03. The highest BCUT2D eigenvalue weighted by Crippen LogP contribution is 2.27. The van der Waals surface area contributed by atoms with Gasteiger partial charge < -0.3 is 10.6 Å². The van der Waals surface area contributed by atoms with Gasteiger partial charge in [0.2, 0.25) is 0 Å². The van der Waals surface area contributed by atoms with Crippen LogP contribution in [0.25, 0.3) is 0 Å². The van der Waals surface area contributed by atoms with E-state index in [9.17, 15) is 0 Å². The average molecular weight is 426 g/mol. The number of thioether (sulfide) groups is 1. The Morgan fingerprint density at radius 3 is 2.54 bits per heavy atom. The van der Waals surface area contributed by atoms with Crippen LogP contribution in [0.2, 0.25) is 15.1 Å². The minimum Gasteiger partial charge on any atom is -0.383 e. The zero-order valence-corrected chi connectivity index (χ0v) is 16.8. The van der Waals surface area contributed by atoms with E-state index in [0.29, 0.717) is 21.8 Å². The van der Waals surface area contributed by atoms with Crippen LogP contribution in [0.15, 0.2) is 64.3 Å². The number of hydrogen-bond donors (Lipinski definition) is 2. The molecule has 0 saturated heterocycles. The summed E-state index contributed by atoms with van der Waals surface area (Å²) in [6.07, 6.45) is 1.76. The summed E-state index contributed by atoms with van der Waals surface area (Å²) >= 11 is 19.2. The van der Waals surface area contributed by atoms with E-state index >= 15 is 0 Å². The zero-order chi connectivity index (χ0) is 18.5. The number of nitrogens with zero attached hydrogens (tertiary/aromatic N) is 2. The summed E-state index contributed by atoms with van der Waals surface area (Å²) in [7, 11) is 0. The molecule has 134 valence electrons. The molecular weight excluding hydrogens is 411 g/mol. The third-order valence-corrected chi connectivity index (χ3v) is 5.17. The van der Waals surface area contributed by atoms with Crippen molar-refractivity contribution in [2.75, 3.05) is 5.32 Å². The number of hydrogen-bond acceptors (Lipinski definition) is 4. The van der Waals surface area contributed by atoms with Gasteiger partial charge in [-0.25, -0.2) is 4.99 Å². The molecule has 0 unspecified atom stereocenters. The standard InChI is InChI=1S/C18H15Cl3N4S/c1-11(22-10-12-2-4-13(19)5-3-12)9-23-17-25-18(26-17)24-14-6-7-15(20)16(21)8-14/h2-9,22H,10H2,1H3,(H,23,24,25)/b11-9-. The summed E-state index contributed by atoms with van der Waals surface area (Å²) in [5.74, 6) is 0. The fraction of sp³-hybridized carbons (Fsp3) is 0.111. The van der Waals surface area contributed by atoms with Gasteiger partial charge in [0.1, 0.15) is 0 Å². The number of allylic oxidation sites excluding steroid dienone is 1. The molecule has 3 rings (SSSR count).